The Morgan fingerprint density at radius 2 is 2.25 bits per heavy atom. The van der Waals surface area contributed by atoms with E-state index in [0.29, 0.717) is 4.68 Å². The van der Waals surface area contributed by atoms with Crippen LogP contribution in [0.4, 0.5) is 13.2 Å². The van der Waals surface area contributed by atoms with E-state index in [1.54, 1.807) is 6.92 Å². The molecule has 0 aliphatic rings. The van der Waals surface area contributed by atoms with Gasteiger partial charge in [0.15, 0.2) is 17.8 Å². The van der Waals surface area contributed by atoms with Crippen LogP contribution in [0, 0.1) is 0 Å². The lowest BCUT2D eigenvalue weighted by Gasteiger charge is -2.09. The summed E-state index contributed by atoms with van der Waals surface area (Å²) in [6.45, 7) is 0.427. The summed E-state index contributed by atoms with van der Waals surface area (Å²) < 4.78 is 47.7. The van der Waals surface area contributed by atoms with Gasteiger partial charge in [-0.05, 0) is 13.0 Å². The van der Waals surface area contributed by atoms with Crippen LogP contribution in [0.25, 0.3) is 11.5 Å². The molecule has 6 nitrogen and oxygen atoms in total. The standard InChI is InChI=1S/C11H10F3N3O3/c1-2-19-10(18)8-9(20-6-15-8)7-3-4-16-17(7)5-11(12,13)14/h3-4,6H,2,5H2,1H3. The predicted octanol–water partition coefficient (Wildman–Crippen LogP) is 2.28. The second-order valence-corrected chi connectivity index (χ2v) is 3.74. The third-order valence-corrected chi connectivity index (χ3v) is 2.31. The minimum Gasteiger partial charge on any atom is -0.461 e. The second-order valence-electron chi connectivity index (χ2n) is 3.74. The van der Waals surface area contributed by atoms with Crippen molar-refractivity contribution in [1.82, 2.24) is 14.8 Å². The zero-order valence-electron chi connectivity index (χ0n) is 10.3. The molecule has 0 aliphatic carbocycles. The molecule has 0 aromatic carbocycles. The number of aromatic nitrogens is 3. The highest BCUT2D eigenvalue weighted by Crippen LogP contribution is 2.26. The van der Waals surface area contributed by atoms with Crippen LogP contribution in [0.15, 0.2) is 23.1 Å². The Morgan fingerprint density at radius 1 is 1.50 bits per heavy atom. The predicted molar refractivity (Wildman–Crippen MR) is 59.7 cm³/mol. The van der Waals surface area contributed by atoms with Crippen molar-refractivity contribution in [3.63, 3.8) is 0 Å². The summed E-state index contributed by atoms with van der Waals surface area (Å²) in [7, 11) is 0. The molecule has 0 radical (unpaired) electrons. The van der Waals surface area contributed by atoms with Crippen molar-refractivity contribution in [3.8, 4) is 11.5 Å². The first kappa shape index (κ1) is 14.1. The molecule has 2 aromatic heterocycles. The van der Waals surface area contributed by atoms with Gasteiger partial charge in [0.05, 0.1) is 6.61 Å². The molecule has 0 saturated carbocycles. The maximum absolute atomic E-state index is 12.4. The van der Waals surface area contributed by atoms with E-state index in [1.807, 2.05) is 0 Å². The molecule has 0 N–H and O–H groups in total. The van der Waals surface area contributed by atoms with Gasteiger partial charge in [-0.2, -0.15) is 18.3 Å². The Kier molecular flexibility index (Phi) is 3.77. The van der Waals surface area contributed by atoms with Gasteiger partial charge in [0.2, 0.25) is 0 Å². The van der Waals surface area contributed by atoms with Crippen molar-refractivity contribution in [2.75, 3.05) is 6.61 Å². The Labute approximate surface area is 111 Å². The average molecular weight is 289 g/mol. The van der Waals surface area contributed by atoms with Gasteiger partial charge in [-0.25, -0.2) is 9.78 Å². The van der Waals surface area contributed by atoms with E-state index in [9.17, 15) is 18.0 Å². The highest BCUT2D eigenvalue weighted by Gasteiger charge is 2.31. The molecule has 0 amide bonds. The Morgan fingerprint density at radius 3 is 2.90 bits per heavy atom. The molecule has 0 aliphatic heterocycles. The molecule has 108 valence electrons. The second kappa shape index (κ2) is 5.35. The molecule has 0 bridgehead atoms. The molecule has 0 unspecified atom stereocenters. The zero-order valence-corrected chi connectivity index (χ0v) is 10.3. The SMILES string of the molecule is CCOC(=O)c1ncoc1-c1ccnn1CC(F)(F)F. The number of rotatable bonds is 4. The van der Waals surface area contributed by atoms with Crippen LogP contribution < -0.4 is 0 Å². The Bertz CT molecular complexity index is 603. The summed E-state index contributed by atoms with van der Waals surface area (Å²) >= 11 is 0. The van der Waals surface area contributed by atoms with Gasteiger partial charge in [0, 0.05) is 6.20 Å². The molecular formula is C11H10F3N3O3. The largest absolute Gasteiger partial charge is 0.461 e. The van der Waals surface area contributed by atoms with Crippen LogP contribution in [0.5, 0.6) is 0 Å². The molecule has 9 heteroatoms. The number of hydrogen-bond donors (Lipinski definition) is 0. The third-order valence-electron chi connectivity index (χ3n) is 2.31. The fourth-order valence-electron chi connectivity index (χ4n) is 1.59. The van der Waals surface area contributed by atoms with Gasteiger partial charge in [-0.3, -0.25) is 4.68 Å². The maximum atomic E-state index is 12.4. The van der Waals surface area contributed by atoms with Crippen molar-refractivity contribution in [2.45, 2.75) is 19.6 Å². The van der Waals surface area contributed by atoms with Gasteiger partial charge >= 0.3 is 12.1 Å². The molecule has 20 heavy (non-hydrogen) atoms. The molecule has 2 rings (SSSR count). The monoisotopic (exact) mass is 289 g/mol. The van der Waals surface area contributed by atoms with Crippen LogP contribution >= 0.6 is 0 Å². The summed E-state index contributed by atoms with van der Waals surface area (Å²) in [6.07, 6.45) is -2.30. The van der Waals surface area contributed by atoms with Crippen molar-refractivity contribution in [2.24, 2.45) is 0 Å². The topological polar surface area (TPSA) is 70.2 Å². The summed E-state index contributed by atoms with van der Waals surface area (Å²) in [4.78, 5) is 15.3. The Balaban J connectivity index is 2.36. The zero-order chi connectivity index (χ0) is 14.8. The van der Waals surface area contributed by atoms with Crippen LogP contribution in [-0.4, -0.2) is 33.5 Å². The lowest BCUT2D eigenvalue weighted by molar-refractivity contribution is -0.142. The summed E-state index contributed by atoms with van der Waals surface area (Å²) in [6, 6.07) is 1.30. The van der Waals surface area contributed by atoms with Gasteiger partial charge in [0.1, 0.15) is 12.2 Å². The minimum atomic E-state index is -4.44. The highest BCUT2D eigenvalue weighted by atomic mass is 19.4. The number of alkyl halides is 3. The van der Waals surface area contributed by atoms with E-state index in [4.69, 9.17) is 9.15 Å². The fraction of sp³-hybridized carbons (Fsp3) is 0.364. The van der Waals surface area contributed by atoms with Crippen LogP contribution in [0.3, 0.4) is 0 Å². The smallest absolute Gasteiger partial charge is 0.408 e. The molecule has 0 atom stereocenters. The lowest BCUT2D eigenvalue weighted by Crippen LogP contribution is -2.19. The lowest BCUT2D eigenvalue weighted by atomic mass is 10.2. The van der Waals surface area contributed by atoms with Crippen LogP contribution in [-0.2, 0) is 11.3 Å². The van der Waals surface area contributed by atoms with E-state index < -0.39 is 18.7 Å². The van der Waals surface area contributed by atoms with Gasteiger partial charge < -0.3 is 9.15 Å². The van der Waals surface area contributed by atoms with Crippen molar-refractivity contribution in [1.29, 1.82) is 0 Å². The molecule has 2 aromatic rings. The summed E-state index contributed by atoms with van der Waals surface area (Å²) in [5.41, 5.74) is -0.182. The van der Waals surface area contributed by atoms with Gasteiger partial charge in [-0.15, -0.1) is 0 Å². The number of esters is 1. The van der Waals surface area contributed by atoms with E-state index in [2.05, 4.69) is 10.1 Å². The van der Waals surface area contributed by atoms with Crippen LogP contribution in [0.1, 0.15) is 17.4 Å². The molecule has 2 heterocycles. The summed E-state index contributed by atoms with van der Waals surface area (Å²) in [5.74, 6) is -0.874. The first-order valence-electron chi connectivity index (χ1n) is 5.62. The molecule has 0 spiro atoms. The Hall–Kier alpha value is -2.32. The third kappa shape index (κ3) is 2.98. The first-order valence-corrected chi connectivity index (χ1v) is 5.62. The number of carbonyl (C=O) groups excluding carboxylic acids is 1. The fourth-order valence-corrected chi connectivity index (χ4v) is 1.59. The van der Waals surface area contributed by atoms with E-state index in [1.165, 1.54) is 12.3 Å². The number of ether oxygens (including phenoxy) is 1. The normalized spacial score (nSPS) is 11.6. The quantitative estimate of drug-likeness (QED) is 0.807. The maximum Gasteiger partial charge on any atom is 0.408 e. The number of hydrogen-bond acceptors (Lipinski definition) is 5. The van der Waals surface area contributed by atoms with Gasteiger partial charge in [0.25, 0.3) is 0 Å². The van der Waals surface area contributed by atoms with E-state index in [-0.39, 0.29) is 23.8 Å². The average Bonchev–Trinajstić information content (AvgIpc) is 2.94. The number of nitrogens with zero attached hydrogens (tertiary/aromatic N) is 3. The number of halogens is 3. The highest BCUT2D eigenvalue weighted by molar-refractivity contribution is 5.93. The minimum absolute atomic E-state index is 0.00266. The van der Waals surface area contributed by atoms with E-state index >= 15 is 0 Å². The van der Waals surface area contributed by atoms with Gasteiger partial charge in [-0.1, -0.05) is 0 Å². The molecule has 0 saturated heterocycles. The van der Waals surface area contributed by atoms with Crippen molar-refractivity contribution in [3.05, 3.63) is 24.4 Å². The van der Waals surface area contributed by atoms with E-state index in [0.717, 1.165) is 6.39 Å². The first-order chi connectivity index (χ1) is 9.42. The summed E-state index contributed by atoms with van der Waals surface area (Å²) in [5, 5.41) is 3.56. The number of oxazole rings is 1. The van der Waals surface area contributed by atoms with Crippen molar-refractivity contribution < 1.29 is 27.1 Å². The molecule has 0 fully saturated rings. The molecular weight excluding hydrogens is 279 g/mol. The number of carbonyl (C=O) groups is 1. The van der Waals surface area contributed by atoms with Crippen LogP contribution in [0.2, 0.25) is 0 Å². The van der Waals surface area contributed by atoms with Crippen molar-refractivity contribution >= 4 is 5.97 Å².